The summed E-state index contributed by atoms with van der Waals surface area (Å²) in [5.74, 6) is -0.0251. The first-order chi connectivity index (χ1) is 10.4. The van der Waals surface area contributed by atoms with Gasteiger partial charge in [-0.15, -0.1) is 11.8 Å². The monoisotopic (exact) mass is 342 g/mol. The molecule has 3 rings (SSSR count). The molecule has 0 unspecified atom stereocenters. The minimum absolute atomic E-state index is 0.0251. The van der Waals surface area contributed by atoms with Crippen LogP contribution in [0.4, 0.5) is 5.69 Å². The summed E-state index contributed by atoms with van der Waals surface area (Å²) in [6, 6.07) is 3.40. The zero-order valence-corrected chi connectivity index (χ0v) is 14.1. The predicted octanol–water partition coefficient (Wildman–Crippen LogP) is 0.995. The molecule has 0 radical (unpaired) electrons. The Hall–Kier alpha value is -1.09. The summed E-state index contributed by atoms with van der Waals surface area (Å²) < 4.78 is 32.3. The number of carbonyl (C=O) groups is 1. The van der Waals surface area contributed by atoms with Crippen molar-refractivity contribution < 1.29 is 17.9 Å². The van der Waals surface area contributed by atoms with Crippen LogP contribution in [-0.4, -0.2) is 46.4 Å². The van der Waals surface area contributed by atoms with Crippen LogP contribution in [0.5, 0.6) is 0 Å². The number of nitrogens with one attached hydrogen (secondary N) is 1. The van der Waals surface area contributed by atoms with Crippen LogP contribution in [-0.2, 0) is 26.0 Å². The van der Waals surface area contributed by atoms with E-state index in [-0.39, 0.29) is 23.8 Å². The fraction of sp³-hybridized carbons (Fsp3) is 0.500. The molecule has 1 atom stereocenters. The van der Waals surface area contributed by atoms with E-state index in [1.807, 2.05) is 0 Å². The average molecular weight is 342 g/mol. The maximum absolute atomic E-state index is 12.5. The molecule has 0 aliphatic carbocycles. The molecule has 0 saturated carbocycles. The molecule has 6 nitrogen and oxygen atoms in total. The SMILES string of the molecule is COCCNS(=O)(=O)c1ccc2c3c1CC(=O)N3C[C@H](C)S2. The Bertz CT molecular complexity index is 718. The fourth-order valence-corrected chi connectivity index (χ4v) is 5.24. The number of nitrogens with zero attached hydrogens (tertiary/aromatic N) is 1. The Balaban J connectivity index is 2.02. The van der Waals surface area contributed by atoms with Gasteiger partial charge in [0.1, 0.15) is 0 Å². The van der Waals surface area contributed by atoms with Gasteiger partial charge in [0.15, 0.2) is 0 Å². The number of benzene rings is 1. The van der Waals surface area contributed by atoms with Crippen LogP contribution < -0.4 is 9.62 Å². The Morgan fingerprint density at radius 1 is 1.45 bits per heavy atom. The first-order valence-electron chi connectivity index (χ1n) is 7.05. The van der Waals surface area contributed by atoms with Crippen LogP contribution in [0.1, 0.15) is 12.5 Å². The van der Waals surface area contributed by atoms with Gasteiger partial charge in [-0.25, -0.2) is 13.1 Å². The van der Waals surface area contributed by atoms with Crippen LogP contribution in [0, 0.1) is 0 Å². The van der Waals surface area contributed by atoms with E-state index >= 15 is 0 Å². The van der Waals surface area contributed by atoms with Crippen molar-refractivity contribution in [1.82, 2.24) is 4.72 Å². The Morgan fingerprint density at radius 3 is 2.95 bits per heavy atom. The lowest BCUT2D eigenvalue weighted by Crippen LogP contribution is -2.35. The van der Waals surface area contributed by atoms with Crippen molar-refractivity contribution in [3.63, 3.8) is 0 Å². The Kier molecular flexibility index (Phi) is 4.19. The van der Waals surface area contributed by atoms with E-state index in [9.17, 15) is 13.2 Å². The van der Waals surface area contributed by atoms with Crippen LogP contribution >= 0.6 is 11.8 Å². The van der Waals surface area contributed by atoms with Crippen LogP contribution in [0.2, 0.25) is 0 Å². The zero-order chi connectivity index (χ0) is 15.9. The molecule has 8 heteroatoms. The van der Waals surface area contributed by atoms with Gasteiger partial charge < -0.3 is 9.64 Å². The van der Waals surface area contributed by atoms with Crippen molar-refractivity contribution in [2.24, 2.45) is 0 Å². The van der Waals surface area contributed by atoms with E-state index in [0.717, 1.165) is 10.6 Å². The van der Waals surface area contributed by atoms with Gasteiger partial charge in [-0.05, 0) is 12.1 Å². The topological polar surface area (TPSA) is 75.7 Å². The van der Waals surface area contributed by atoms with Gasteiger partial charge in [0.2, 0.25) is 15.9 Å². The molecule has 0 saturated heterocycles. The van der Waals surface area contributed by atoms with E-state index in [1.165, 1.54) is 7.11 Å². The largest absolute Gasteiger partial charge is 0.383 e. The van der Waals surface area contributed by atoms with E-state index in [4.69, 9.17) is 4.74 Å². The second kappa shape index (κ2) is 5.84. The van der Waals surface area contributed by atoms with Gasteiger partial charge in [0.05, 0.1) is 23.6 Å². The highest BCUT2D eigenvalue weighted by Crippen LogP contribution is 2.46. The highest BCUT2D eigenvalue weighted by atomic mass is 32.2. The zero-order valence-electron chi connectivity index (χ0n) is 12.5. The summed E-state index contributed by atoms with van der Waals surface area (Å²) in [4.78, 5) is 15.1. The number of hydrogen-bond donors (Lipinski definition) is 1. The smallest absolute Gasteiger partial charge is 0.241 e. The van der Waals surface area contributed by atoms with Gasteiger partial charge in [0, 0.05) is 35.9 Å². The van der Waals surface area contributed by atoms with Gasteiger partial charge in [-0.3, -0.25) is 4.79 Å². The lowest BCUT2D eigenvalue weighted by Gasteiger charge is -2.29. The Labute approximate surface area is 134 Å². The van der Waals surface area contributed by atoms with Gasteiger partial charge in [-0.1, -0.05) is 6.92 Å². The minimum Gasteiger partial charge on any atom is -0.383 e. The number of rotatable bonds is 5. The van der Waals surface area contributed by atoms with Crippen molar-refractivity contribution in [1.29, 1.82) is 0 Å². The fourth-order valence-electron chi connectivity index (χ4n) is 2.84. The minimum atomic E-state index is -3.64. The molecule has 1 amide bonds. The van der Waals surface area contributed by atoms with E-state index in [2.05, 4.69) is 11.6 Å². The maximum Gasteiger partial charge on any atom is 0.241 e. The number of thioether (sulfide) groups is 1. The van der Waals surface area contributed by atoms with Gasteiger partial charge >= 0.3 is 0 Å². The quantitative estimate of drug-likeness (QED) is 0.808. The number of hydrogen-bond acceptors (Lipinski definition) is 5. The third kappa shape index (κ3) is 2.64. The lowest BCUT2D eigenvalue weighted by atomic mass is 10.1. The summed E-state index contributed by atoms with van der Waals surface area (Å²) in [5.41, 5.74) is 1.40. The van der Waals surface area contributed by atoms with Gasteiger partial charge in [0.25, 0.3) is 0 Å². The average Bonchev–Trinajstić information content (AvgIpc) is 2.77. The summed E-state index contributed by atoms with van der Waals surface area (Å²) >= 11 is 1.68. The molecule has 0 bridgehead atoms. The molecule has 22 heavy (non-hydrogen) atoms. The number of ether oxygens (including phenoxy) is 1. The lowest BCUT2D eigenvalue weighted by molar-refractivity contribution is -0.117. The number of amides is 1. The first kappa shape index (κ1) is 15.8. The molecule has 1 aromatic rings. The summed E-state index contributed by atoms with van der Waals surface area (Å²) in [6.45, 7) is 3.21. The number of sulfonamides is 1. The number of carbonyl (C=O) groups excluding carboxylic acids is 1. The highest BCUT2D eigenvalue weighted by Gasteiger charge is 2.38. The van der Waals surface area contributed by atoms with Crippen LogP contribution in [0.3, 0.4) is 0 Å². The third-order valence-electron chi connectivity index (χ3n) is 3.76. The van der Waals surface area contributed by atoms with Crippen molar-refractivity contribution in [2.75, 3.05) is 31.7 Å². The van der Waals surface area contributed by atoms with Crippen molar-refractivity contribution in [3.05, 3.63) is 17.7 Å². The van der Waals surface area contributed by atoms with Crippen molar-refractivity contribution >= 4 is 33.4 Å². The Morgan fingerprint density at radius 2 is 2.23 bits per heavy atom. The molecule has 1 aromatic carbocycles. The molecule has 120 valence electrons. The molecule has 0 spiro atoms. The van der Waals surface area contributed by atoms with Crippen molar-refractivity contribution in [2.45, 2.75) is 28.4 Å². The van der Waals surface area contributed by atoms with E-state index in [0.29, 0.717) is 24.0 Å². The molecular weight excluding hydrogens is 324 g/mol. The molecular formula is C14H18N2O4S2. The molecule has 2 aliphatic rings. The second-order valence-corrected chi connectivity index (χ2v) is 8.60. The summed E-state index contributed by atoms with van der Waals surface area (Å²) in [6.07, 6.45) is 0.150. The molecule has 2 aliphatic heterocycles. The number of anilines is 1. The standard InChI is InChI=1S/C14H18N2O4S2/c1-9-8-16-13(17)7-10-12(4-3-11(21-9)14(10)16)22(18,19)15-5-6-20-2/h3-4,9,15H,5-8H2,1-2H3/t9-/m0/s1. The summed E-state index contributed by atoms with van der Waals surface area (Å²) in [7, 11) is -2.12. The highest BCUT2D eigenvalue weighted by molar-refractivity contribution is 8.00. The number of methoxy groups -OCH3 is 1. The van der Waals surface area contributed by atoms with Crippen LogP contribution in [0.25, 0.3) is 0 Å². The maximum atomic E-state index is 12.5. The predicted molar refractivity (Wildman–Crippen MR) is 84.9 cm³/mol. The second-order valence-electron chi connectivity index (χ2n) is 5.39. The van der Waals surface area contributed by atoms with E-state index in [1.54, 1.807) is 28.8 Å². The molecule has 1 N–H and O–H groups in total. The van der Waals surface area contributed by atoms with Gasteiger partial charge in [-0.2, -0.15) is 0 Å². The van der Waals surface area contributed by atoms with E-state index < -0.39 is 10.0 Å². The van der Waals surface area contributed by atoms with Crippen molar-refractivity contribution in [3.8, 4) is 0 Å². The van der Waals surface area contributed by atoms with Crippen LogP contribution in [0.15, 0.2) is 21.9 Å². The molecule has 2 heterocycles. The normalized spacial score (nSPS) is 20.4. The molecule has 0 aromatic heterocycles. The summed E-state index contributed by atoms with van der Waals surface area (Å²) in [5, 5.41) is 0.310. The third-order valence-corrected chi connectivity index (χ3v) is 6.44. The molecule has 0 fully saturated rings. The first-order valence-corrected chi connectivity index (χ1v) is 9.42.